The Hall–Kier alpha value is -3.60. The van der Waals surface area contributed by atoms with Crippen molar-refractivity contribution < 1.29 is 8.97 Å². The van der Waals surface area contributed by atoms with E-state index >= 15 is 0 Å². The Morgan fingerprint density at radius 3 is 1.02 bits per heavy atom. The Kier molecular flexibility index (Phi) is 11.7. The topological polar surface area (TPSA) is 6.48 Å². The maximum Gasteiger partial charge on any atom is 0.0825 e. The van der Waals surface area contributed by atoms with Gasteiger partial charge >= 0.3 is 0 Å². The van der Waals surface area contributed by atoms with Crippen LogP contribution in [0.3, 0.4) is 0 Å². The summed E-state index contributed by atoms with van der Waals surface area (Å²) in [6, 6.07) is 36.3. The van der Waals surface area contributed by atoms with Crippen LogP contribution in [0.15, 0.2) is 97.1 Å². The number of aryl methyl sites for hydroxylation is 4. The van der Waals surface area contributed by atoms with Crippen molar-refractivity contribution in [3.63, 3.8) is 0 Å². The molecule has 2 unspecified atom stereocenters. The molecule has 0 aromatic heterocycles. The molecule has 0 bridgehead atoms. The van der Waals surface area contributed by atoms with Gasteiger partial charge in [-0.15, -0.1) is 0 Å². The Morgan fingerprint density at radius 1 is 0.440 bits per heavy atom. The van der Waals surface area contributed by atoms with Crippen LogP contribution in [0.25, 0.3) is 0 Å². The summed E-state index contributed by atoms with van der Waals surface area (Å²) in [7, 11) is 9.79. The number of hydrogen-bond acceptors (Lipinski definition) is 2. The van der Waals surface area contributed by atoms with Crippen LogP contribution in [0.1, 0.15) is 61.8 Å². The third-order valence-corrected chi connectivity index (χ3v) is 11.3. The second kappa shape index (κ2) is 16.2. The van der Waals surface area contributed by atoms with Crippen molar-refractivity contribution in [3.05, 3.63) is 119 Å². The van der Waals surface area contributed by atoms with Crippen molar-refractivity contribution in [2.45, 2.75) is 65.2 Å². The van der Waals surface area contributed by atoms with Crippen LogP contribution in [0, 0.1) is 11.8 Å². The standard InChI is InChI=1S/C46H64N4/c1-37(33-47-43-23-13-9-19-39(43)27-28-40-20-10-14-24-44(40)47)35-49(3,4)31-17-7-8-18-32-50(5,6)36-38(2)34-48-45-25-15-11-21-41(45)29-30-42-22-12-16-26-46(42)48/h9-16,19-26,37-38H,7-8,17-18,27-36H2,1-6H3/q+2. The summed E-state index contributed by atoms with van der Waals surface area (Å²) in [5.74, 6) is 1.20. The fourth-order valence-corrected chi connectivity index (χ4v) is 9.18. The molecule has 4 aromatic carbocycles. The first-order valence-corrected chi connectivity index (χ1v) is 19.6. The Balaban J connectivity index is 0.946. The zero-order valence-electron chi connectivity index (χ0n) is 32.1. The molecule has 0 N–H and O–H groups in total. The zero-order chi connectivity index (χ0) is 35.1. The van der Waals surface area contributed by atoms with Crippen molar-refractivity contribution in [1.82, 2.24) is 0 Å². The van der Waals surface area contributed by atoms with E-state index in [0.29, 0.717) is 11.8 Å². The number of para-hydroxylation sites is 4. The van der Waals surface area contributed by atoms with Gasteiger partial charge in [-0.05, 0) is 97.9 Å². The average molecular weight is 673 g/mol. The molecule has 2 atom stereocenters. The molecule has 6 rings (SSSR count). The Morgan fingerprint density at radius 2 is 0.720 bits per heavy atom. The van der Waals surface area contributed by atoms with Gasteiger partial charge in [0.15, 0.2) is 0 Å². The highest BCUT2D eigenvalue weighted by Crippen LogP contribution is 2.38. The third kappa shape index (κ3) is 9.19. The molecule has 2 aliphatic rings. The molecule has 50 heavy (non-hydrogen) atoms. The summed E-state index contributed by atoms with van der Waals surface area (Å²) in [5.41, 5.74) is 11.5. The average Bonchev–Trinajstić information content (AvgIpc) is 3.34. The number of benzene rings is 4. The molecule has 0 radical (unpaired) electrons. The van der Waals surface area contributed by atoms with Crippen LogP contribution >= 0.6 is 0 Å². The smallest absolute Gasteiger partial charge is 0.0825 e. The van der Waals surface area contributed by atoms with Crippen LogP contribution in [0.4, 0.5) is 22.7 Å². The molecular formula is C46H64N4+2. The van der Waals surface area contributed by atoms with Crippen LogP contribution < -0.4 is 9.80 Å². The minimum atomic E-state index is 0.598. The molecule has 2 aliphatic heterocycles. The van der Waals surface area contributed by atoms with Crippen LogP contribution in [-0.4, -0.2) is 76.4 Å². The molecule has 0 spiro atoms. The zero-order valence-corrected chi connectivity index (χ0v) is 32.1. The first-order chi connectivity index (χ1) is 24.1. The molecule has 0 fully saturated rings. The SMILES string of the molecule is CC(CN1c2ccccc2CCc2ccccc21)C[N+](C)(C)CCCCCC[N+](C)(C)CC(C)CN1c2ccccc2CCc2ccccc21. The minimum absolute atomic E-state index is 0.598. The molecule has 4 aromatic rings. The summed E-state index contributed by atoms with van der Waals surface area (Å²) >= 11 is 0. The van der Waals surface area contributed by atoms with Crippen molar-refractivity contribution in [1.29, 1.82) is 0 Å². The Bertz CT molecular complexity index is 1470. The fourth-order valence-electron chi connectivity index (χ4n) is 9.18. The van der Waals surface area contributed by atoms with Crippen LogP contribution in [-0.2, 0) is 25.7 Å². The van der Waals surface area contributed by atoms with E-state index in [0.717, 1.165) is 47.7 Å². The molecule has 4 nitrogen and oxygen atoms in total. The number of anilines is 4. The van der Waals surface area contributed by atoms with Crippen molar-refractivity contribution in [3.8, 4) is 0 Å². The summed E-state index contributed by atoms with van der Waals surface area (Å²) in [6.07, 6.45) is 9.78. The largest absolute Gasteiger partial charge is 0.341 e. The summed E-state index contributed by atoms with van der Waals surface area (Å²) in [4.78, 5) is 5.24. The molecule has 0 saturated carbocycles. The molecule has 0 saturated heterocycles. The molecule has 0 amide bonds. The summed E-state index contributed by atoms with van der Waals surface area (Å²) in [6.45, 7) is 12.0. The lowest BCUT2D eigenvalue weighted by Gasteiger charge is -2.36. The van der Waals surface area contributed by atoms with Gasteiger partial charge in [0.1, 0.15) is 0 Å². The second-order valence-electron chi connectivity index (χ2n) is 17.0. The normalized spacial score (nSPS) is 15.6. The summed E-state index contributed by atoms with van der Waals surface area (Å²) in [5, 5.41) is 0. The third-order valence-electron chi connectivity index (χ3n) is 11.3. The molecule has 266 valence electrons. The number of quaternary nitrogens is 2. The lowest BCUT2D eigenvalue weighted by molar-refractivity contribution is -0.894. The molecular weight excluding hydrogens is 609 g/mol. The van der Waals surface area contributed by atoms with E-state index in [1.807, 2.05) is 0 Å². The quantitative estimate of drug-likeness (QED) is 0.0917. The lowest BCUT2D eigenvalue weighted by atomic mass is 10.0. The van der Waals surface area contributed by atoms with Crippen molar-refractivity contribution in [2.24, 2.45) is 11.8 Å². The number of hydrogen-bond donors (Lipinski definition) is 0. The van der Waals surface area contributed by atoms with Crippen molar-refractivity contribution in [2.75, 3.05) is 77.3 Å². The first kappa shape index (κ1) is 36.2. The lowest BCUT2D eigenvalue weighted by Crippen LogP contribution is -2.46. The maximum absolute atomic E-state index is 2.62. The minimum Gasteiger partial charge on any atom is -0.341 e. The van der Waals surface area contributed by atoms with E-state index < -0.39 is 0 Å². The van der Waals surface area contributed by atoms with Gasteiger partial charge in [0.2, 0.25) is 0 Å². The van der Waals surface area contributed by atoms with Gasteiger partial charge in [-0.1, -0.05) is 86.6 Å². The predicted molar refractivity (Wildman–Crippen MR) is 215 cm³/mol. The van der Waals surface area contributed by atoms with Gasteiger partial charge in [0, 0.05) is 47.7 Å². The van der Waals surface area contributed by atoms with Gasteiger partial charge < -0.3 is 18.8 Å². The highest BCUT2D eigenvalue weighted by molar-refractivity contribution is 5.72. The van der Waals surface area contributed by atoms with E-state index in [1.165, 1.54) is 96.9 Å². The van der Waals surface area contributed by atoms with Crippen LogP contribution in [0.2, 0.25) is 0 Å². The van der Waals surface area contributed by atoms with E-state index in [-0.39, 0.29) is 0 Å². The number of unbranched alkanes of at least 4 members (excludes halogenated alkanes) is 3. The van der Waals surface area contributed by atoms with E-state index in [1.54, 1.807) is 0 Å². The highest BCUT2D eigenvalue weighted by Gasteiger charge is 2.27. The summed E-state index contributed by atoms with van der Waals surface area (Å²) < 4.78 is 2.19. The van der Waals surface area contributed by atoms with Crippen LogP contribution in [0.5, 0.6) is 0 Å². The van der Waals surface area contributed by atoms with Gasteiger partial charge in [-0.2, -0.15) is 0 Å². The monoisotopic (exact) mass is 673 g/mol. The number of nitrogens with zero attached hydrogens (tertiary/aromatic N) is 4. The van der Waals surface area contributed by atoms with Gasteiger partial charge in [0.25, 0.3) is 0 Å². The fraction of sp³-hybridized carbons (Fsp3) is 0.478. The van der Waals surface area contributed by atoms with E-state index in [4.69, 9.17) is 0 Å². The maximum atomic E-state index is 2.62. The molecule has 4 heteroatoms. The second-order valence-corrected chi connectivity index (χ2v) is 17.0. The number of fused-ring (bicyclic) bond motifs is 4. The first-order valence-electron chi connectivity index (χ1n) is 19.6. The highest BCUT2D eigenvalue weighted by atomic mass is 15.3. The van der Waals surface area contributed by atoms with Gasteiger partial charge in [-0.3, -0.25) is 0 Å². The van der Waals surface area contributed by atoms with E-state index in [9.17, 15) is 0 Å². The van der Waals surface area contributed by atoms with E-state index in [2.05, 4.69) is 149 Å². The molecule has 0 aliphatic carbocycles. The Labute approximate surface area is 304 Å². The van der Waals surface area contributed by atoms with Gasteiger partial charge in [0.05, 0.1) is 54.4 Å². The predicted octanol–water partition coefficient (Wildman–Crippen LogP) is 9.85. The molecule has 2 heterocycles. The van der Waals surface area contributed by atoms with Gasteiger partial charge in [-0.25, -0.2) is 0 Å². The number of rotatable bonds is 15. The van der Waals surface area contributed by atoms with Crippen molar-refractivity contribution >= 4 is 22.7 Å².